The molecule has 0 unspecified atom stereocenters. The number of carbonyl (C=O) groups is 2. The fraction of sp³-hybridized carbons (Fsp3) is 0.778. The highest BCUT2D eigenvalue weighted by atomic mass is 16.6. The third-order valence-electron chi connectivity index (χ3n) is 2.08. The number of rotatable bonds is 4. The SMILES string of the molecule is CCOC(=O)[13C]1(C(=O)OCC)CC1. The molecule has 0 aromatic carbocycles. The predicted octanol–water partition coefficient (Wildman–Crippen LogP) is 0.893. The molecule has 0 spiro atoms. The van der Waals surface area contributed by atoms with Gasteiger partial charge in [-0.05, 0) is 26.7 Å². The Balaban J connectivity index is 2.55. The van der Waals surface area contributed by atoms with Crippen LogP contribution in [0.4, 0.5) is 0 Å². The molecule has 1 aliphatic rings. The fourth-order valence-electron chi connectivity index (χ4n) is 1.16. The summed E-state index contributed by atoms with van der Waals surface area (Å²) < 4.78 is 9.59. The van der Waals surface area contributed by atoms with Crippen LogP contribution in [0.1, 0.15) is 26.7 Å². The van der Waals surface area contributed by atoms with Crippen LogP contribution in [0.5, 0.6) is 0 Å². The van der Waals surface area contributed by atoms with Gasteiger partial charge in [0.15, 0.2) is 5.41 Å². The van der Waals surface area contributed by atoms with Crippen molar-refractivity contribution in [3.05, 3.63) is 0 Å². The Kier molecular flexibility index (Phi) is 2.90. The van der Waals surface area contributed by atoms with Crippen LogP contribution in [0.3, 0.4) is 0 Å². The van der Waals surface area contributed by atoms with E-state index in [0.717, 1.165) is 0 Å². The molecule has 0 bridgehead atoms. The van der Waals surface area contributed by atoms with Crippen LogP contribution in [-0.4, -0.2) is 25.2 Å². The number of hydrogen-bond donors (Lipinski definition) is 0. The lowest BCUT2D eigenvalue weighted by atomic mass is 10.5. The van der Waals surface area contributed by atoms with Crippen LogP contribution < -0.4 is 0 Å². The summed E-state index contributed by atoms with van der Waals surface area (Å²) >= 11 is 0. The van der Waals surface area contributed by atoms with Gasteiger partial charge in [0.2, 0.25) is 0 Å². The minimum Gasteiger partial charge on any atom is -0.465 e. The molecule has 74 valence electrons. The third-order valence-corrected chi connectivity index (χ3v) is 2.08. The Bertz CT molecular complexity index is 198. The van der Waals surface area contributed by atoms with Crippen molar-refractivity contribution in [1.29, 1.82) is 0 Å². The van der Waals surface area contributed by atoms with Gasteiger partial charge in [-0.2, -0.15) is 0 Å². The van der Waals surface area contributed by atoms with E-state index in [1.165, 1.54) is 0 Å². The van der Waals surface area contributed by atoms with Gasteiger partial charge in [0.25, 0.3) is 0 Å². The number of esters is 2. The van der Waals surface area contributed by atoms with Crippen molar-refractivity contribution in [1.82, 2.24) is 0 Å². The summed E-state index contributed by atoms with van der Waals surface area (Å²) in [6.45, 7) is 4.05. The third kappa shape index (κ3) is 1.82. The molecule has 4 heteroatoms. The summed E-state index contributed by atoms with van der Waals surface area (Å²) in [5.41, 5.74) is -0.952. The van der Waals surface area contributed by atoms with Crippen LogP contribution in [0.15, 0.2) is 0 Å². The second-order valence-electron chi connectivity index (χ2n) is 3.02. The average molecular weight is 187 g/mol. The van der Waals surface area contributed by atoms with Crippen LogP contribution in [0, 0.1) is 5.41 Å². The molecule has 0 atom stereocenters. The smallest absolute Gasteiger partial charge is 0.323 e. The molecule has 4 nitrogen and oxygen atoms in total. The van der Waals surface area contributed by atoms with Gasteiger partial charge in [0, 0.05) is 0 Å². The second kappa shape index (κ2) is 3.77. The van der Waals surface area contributed by atoms with Gasteiger partial charge in [0.1, 0.15) is 0 Å². The topological polar surface area (TPSA) is 52.6 Å². The van der Waals surface area contributed by atoms with E-state index in [1.54, 1.807) is 13.8 Å². The first-order valence-electron chi connectivity index (χ1n) is 4.52. The van der Waals surface area contributed by atoms with E-state index in [9.17, 15) is 9.59 Å². The van der Waals surface area contributed by atoms with Gasteiger partial charge >= 0.3 is 11.9 Å². The van der Waals surface area contributed by atoms with E-state index >= 15 is 0 Å². The Morgan fingerprint density at radius 3 is 1.69 bits per heavy atom. The molecule has 1 saturated carbocycles. The molecule has 1 fully saturated rings. The number of ether oxygens (including phenoxy) is 2. The van der Waals surface area contributed by atoms with E-state index in [-0.39, 0.29) is 0 Å². The number of hydrogen-bond acceptors (Lipinski definition) is 4. The molecule has 1 aliphatic carbocycles. The predicted molar refractivity (Wildman–Crippen MR) is 44.9 cm³/mol. The molecular formula is C9H14O4. The molecule has 0 saturated heterocycles. The Morgan fingerprint density at radius 1 is 1.08 bits per heavy atom. The van der Waals surface area contributed by atoms with Crippen LogP contribution in [0.25, 0.3) is 0 Å². The second-order valence-corrected chi connectivity index (χ2v) is 3.02. The largest absolute Gasteiger partial charge is 0.465 e. The summed E-state index contributed by atoms with van der Waals surface area (Å²) in [4.78, 5) is 22.6. The Labute approximate surface area is 77.2 Å². The fourth-order valence-corrected chi connectivity index (χ4v) is 1.16. The maximum atomic E-state index is 11.3. The van der Waals surface area contributed by atoms with Crippen molar-refractivity contribution >= 4 is 11.9 Å². The van der Waals surface area contributed by atoms with E-state index in [0.29, 0.717) is 26.1 Å². The zero-order valence-corrected chi connectivity index (χ0v) is 7.96. The van der Waals surface area contributed by atoms with Gasteiger partial charge in [-0.1, -0.05) is 0 Å². The highest BCUT2D eigenvalue weighted by Crippen LogP contribution is 2.47. The molecule has 0 amide bonds. The lowest BCUT2D eigenvalue weighted by Crippen LogP contribution is -2.29. The lowest BCUT2D eigenvalue weighted by molar-refractivity contribution is -0.164. The van der Waals surface area contributed by atoms with Crippen molar-refractivity contribution in [3.8, 4) is 0 Å². The molecular weight excluding hydrogens is 173 g/mol. The van der Waals surface area contributed by atoms with Crippen molar-refractivity contribution in [2.45, 2.75) is 26.7 Å². The van der Waals surface area contributed by atoms with Crippen LogP contribution in [-0.2, 0) is 19.1 Å². The van der Waals surface area contributed by atoms with Crippen LogP contribution in [0.2, 0.25) is 0 Å². The minimum absolute atomic E-state index is 0.306. The first-order chi connectivity index (χ1) is 6.17. The Hall–Kier alpha value is -1.06. The molecule has 0 radical (unpaired) electrons. The highest BCUT2D eigenvalue weighted by molar-refractivity contribution is 6.03. The zero-order valence-electron chi connectivity index (χ0n) is 7.96. The molecule has 0 heterocycles. The van der Waals surface area contributed by atoms with Gasteiger partial charge in [-0.25, -0.2) is 0 Å². The van der Waals surface area contributed by atoms with E-state index < -0.39 is 17.4 Å². The summed E-state index contributed by atoms with van der Waals surface area (Å²) in [6, 6.07) is 0. The first-order valence-corrected chi connectivity index (χ1v) is 4.52. The normalized spacial score (nSPS) is 17.7. The summed E-state index contributed by atoms with van der Waals surface area (Å²) in [5.74, 6) is -0.873. The summed E-state index contributed by atoms with van der Waals surface area (Å²) in [5, 5.41) is 0. The van der Waals surface area contributed by atoms with Crippen molar-refractivity contribution in [2.24, 2.45) is 5.41 Å². The summed E-state index contributed by atoms with van der Waals surface area (Å²) in [6.07, 6.45) is 1.12. The molecule has 13 heavy (non-hydrogen) atoms. The van der Waals surface area contributed by atoms with Crippen molar-refractivity contribution < 1.29 is 19.1 Å². The van der Waals surface area contributed by atoms with Crippen molar-refractivity contribution in [2.75, 3.05) is 13.2 Å². The van der Waals surface area contributed by atoms with Gasteiger partial charge in [-0.15, -0.1) is 0 Å². The molecule has 1 rings (SSSR count). The van der Waals surface area contributed by atoms with E-state index in [2.05, 4.69) is 0 Å². The maximum absolute atomic E-state index is 11.3. The van der Waals surface area contributed by atoms with Gasteiger partial charge < -0.3 is 9.47 Å². The van der Waals surface area contributed by atoms with Gasteiger partial charge in [0.05, 0.1) is 13.2 Å². The molecule has 0 aromatic heterocycles. The highest BCUT2D eigenvalue weighted by Gasteiger charge is 2.59. The summed E-state index contributed by atoms with van der Waals surface area (Å²) in [7, 11) is 0. The average Bonchev–Trinajstić information content (AvgIpc) is 2.85. The molecule has 0 N–H and O–H groups in total. The monoisotopic (exact) mass is 187 g/mol. The van der Waals surface area contributed by atoms with Crippen LogP contribution >= 0.6 is 0 Å². The minimum atomic E-state index is -0.952. The van der Waals surface area contributed by atoms with E-state index in [1.807, 2.05) is 0 Å². The standard InChI is InChI=1S/C9H14O4/c1-3-12-7(10)9(5-6-9)8(11)13-4-2/h3-6H2,1-2H3/i9+1. The number of carbonyl (C=O) groups excluding carboxylic acids is 2. The van der Waals surface area contributed by atoms with Gasteiger partial charge in [-0.3, -0.25) is 9.59 Å². The quantitative estimate of drug-likeness (QED) is 0.372. The lowest BCUT2D eigenvalue weighted by Gasteiger charge is -2.11. The Morgan fingerprint density at radius 2 is 1.46 bits per heavy atom. The van der Waals surface area contributed by atoms with Crippen molar-refractivity contribution in [3.63, 3.8) is 0 Å². The molecule has 0 aliphatic heterocycles. The first kappa shape index (κ1) is 10.0. The zero-order chi connectivity index (χ0) is 9.90. The maximum Gasteiger partial charge on any atom is 0.323 e. The van der Waals surface area contributed by atoms with E-state index in [4.69, 9.17) is 9.47 Å². The molecule has 0 aromatic rings.